The molecule has 7 nitrogen and oxygen atoms in total. The van der Waals surface area contributed by atoms with Crippen molar-refractivity contribution in [3.8, 4) is 0 Å². The number of carbonyl (C=O) groups excluding carboxylic acids is 1. The van der Waals surface area contributed by atoms with E-state index < -0.39 is 6.04 Å². The quantitative estimate of drug-likeness (QED) is 0.841. The van der Waals surface area contributed by atoms with E-state index in [2.05, 4.69) is 20.8 Å². The van der Waals surface area contributed by atoms with Gasteiger partial charge in [0.05, 0.1) is 5.69 Å². The van der Waals surface area contributed by atoms with Gasteiger partial charge in [0.15, 0.2) is 0 Å². The van der Waals surface area contributed by atoms with E-state index in [0.29, 0.717) is 23.4 Å². The third-order valence-corrected chi connectivity index (χ3v) is 6.38. The molecular formula is C20H24FN5O2. The number of piperidine rings is 1. The number of para-hydroxylation sites is 1. The van der Waals surface area contributed by atoms with Crippen LogP contribution in [0.3, 0.4) is 0 Å². The van der Waals surface area contributed by atoms with Crippen molar-refractivity contribution >= 4 is 17.6 Å². The molecule has 1 saturated carbocycles. The second kappa shape index (κ2) is 6.46. The van der Waals surface area contributed by atoms with Gasteiger partial charge in [0.1, 0.15) is 17.9 Å². The molecule has 2 atom stereocenters. The van der Waals surface area contributed by atoms with Crippen molar-refractivity contribution in [3.05, 3.63) is 35.5 Å². The highest BCUT2D eigenvalue weighted by atomic mass is 19.1. The van der Waals surface area contributed by atoms with Crippen molar-refractivity contribution in [1.29, 1.82) is 0 Å². The minimum atomic E-state index is -0.437. The smallest absolute Gasteiger partial charge is 0.316 e. The first-order valence-electron chi connectivity index (χ1n) is 9.96. The van der Waals surface area contributed by atoms with Crippen LogP contribution in [0.4, 0.5) is 16.1 Å². The molecule has 3 aliphatic rings. The summed E-state index contributed by atoms with van der Waals surface area (Å²) in [6.45, 7) is 3.47. The van der Waals surface area contributed by atoms with Gasteiger partial charge in [0.2, 0.25) is 11.8 Å². The number of anilines is 2. The molecule has 2 fully saturated rings. The van der Waals surface area contributed by atoms with Crippen molar-refractivity contribution in [1.82, 2.24) is 15.1 Å². The standard InChI is InChI=1S/C20H24FN5O2/c1-12(18(27)26-9-7-20(5-6-20)8-10-26)22-19-25-24-17(28-19)15-11-13-3-2-4-14(21)16(13)23-15/h2-4,12,15,23H,5-11H2,1H3,(H,22,25)/t12-,15?/m0/s1. The molecule has 1 aromatic heterocycles. The zero-order valence-electron chi connectivity index (χ0n) is 15.9. The highest BCUT2D eigenvalue weighted by Gasteiger charge is 2.45. The van der Waals surface area contributed by atoms with Gasteiger partial charge in [0.25, 0.3) is 0 Å². The number of fused-ring (bicyclic) bond motifs is 1. The molecule has 148 valence electrons. The number of halogens is 1. The van der Waals surface area contributed by atoms with Gasteiger partial charge in [-0.05, 0) is 49.7 Å². The third kappa shape index (κ3) is 3.10. The van der Waals surface area contributed by atoms with Crippen LogP contribution in [0, 0.1) is 11.2 Å². The second-order valence-electron chi connectivity index (χ2n) is 8.31. The molecule has 2 aromatic rings. The normalized spacial score (nSPS) is 23.2. The van der Waals surface area contributed by atoms with Gasteiger partial charge < -0.3 is 20.0 Å². The maximum Gasteiger partial charge on any atom is 0.316 e. The molecule has 1 saturated heterocycles. The van der Waals surface area contributed by atoms with E-state index in [0.717, 1.165) is 31.5 Å². The lowest BCUT2D eigenvalue weighted by Gasteiger charge is -2.33. The highest BCUT2D eigenvalue weighted by molar-refractivity contribution is 5.83. The van der Waals surface area contributed by atoms with E-state index in [-0.39, 0.29) is 23.8 Å². The molecule has 1 amide bonds. The van der Waals surface area contributed by atoms with E-state index >= 15 is 0 Å². The molecule has 1 unspecified atom stereocenters. The fourth-order valence-electron chi connectivity index (χ4n) is 4.33. The Labute approximate surface area is 162 Å². The Morgan fingerprint density at radius 1 is 1.32 bits per heavy atom. The van der Waals surface area contributed by atoms with Crippen molar-refractivity contribution in [3.63, 3.8) is 0 Å². The van der Waals surface area contributed by atoms with Crippen LogP contribution in [0.2, 0.25) is 0 Å². The monoisotopic (exact) mass is 385 g/mol. The predicted octanol–water partition coefficient (Wildman–Crippen LogP) is 3.12. The molecule has 3 heterocycles. The first-order valence-corrected chi connectivity index (χ1v) is 9.96. The zero-order valence-corrected chi connectivity index (χ0v) is 15.9. The summed E-state index contributed by atoms with van der Waals surface area (Å²) in [5.74, 6) is 0.154. The first-order chi connectivity index (χ1) is 13.5. The number of nitrogens with zero attached hydrogens (tertiary/aromatic N) is 3. The molecule has 28 heavy (non-hydrogen) atoms. The number of amides is 1. The minimum absolute atomic E-state index is 0.0590. The molecule has 1 spiro atoms. The number of benzene rings is 1. The maximum atomic E-state index is 13.9. The summed E-state index contributed by atoms with van der Waals surface area (Å²) < 4.78 is 19.6. The summed E-state index contributed by atoms with van der Waals surface area (Å²) in [4.78, 5) is 14.6. The van der Waals surface area contributed by atoms with Crippen LogP contribution in [-0.4, -0.2) is 40.1 Å². The first kappa shape index (κ1) is 17.5. The lowest BCUT2D eigenvalue weighted by atomic mass is 9.93. The van der Waals surface area contributed by atoms with Crippen molar-refractivity contribution < 1.29 is 13.6 Å². The summed E-state index contributed by atoms with van der Waals surface area (Å²) in [7, 11) is 0. The van der Waals surface area contributed by atoms with Crippen molar-refractivity contribution in [2.75, 3.05) is 23.7 Å². The highest BCUT2D eigenvalue weighted by Crippen LogP contribution is 2.53. The fraction of sp³-hybridized carbons (Fsp3) is 0.550. The van der Waals surface area contributed by atoms with Gasteiger partial charge in [-0.15, -0.1) is 5.10 Å². The number of hydrogen-bond donors (Lipinski definition) is 2. The minimum Gasteiger partial charge on any atom is -0.406 e. The Morgan fingerprint density at radius 3 is 2.82 bits per heavy atom. The number of carbonyl (C=O) groups is 1. The lowest BCUT2D eigenvalue weighted by Crippen LogP contribution is -2.45. The molecule has 2 N–H and O–H groups in total. The average molecular weight is 385 g/mol. The van der Waals surface area contributed by atoms with Crippen LogP contribution in [0.5, 0.6) is 0 Å². The van der Waals surface area contributed by atoms with Crippen LogP contribution in [0.1, 0.15) is 50.1 Å². The Kier molecular flexibility index (Phi) is 4.03. The fourth-order valence-corrected chi connectivity index (χ4v) is 4.33. The van der Waals surface area contributed by atoms with Gasteiger partial charge in [-0.1, -0.05) is 17.2 Å². The Morgan fingerprint density at radius 2 is 2.11 bits per heavy atom. The molecule has 1 aliphatic carbocycles. The Hall–Kier alpha value is -2.64. The summed E-state index contributed by atoms with van der Waals surface area (Å²) in [6.07, 6.45) is 5.44. The molecule has 5 rings (SSSR count). The van der Waals surface area contributed by atoms with E-state index in [1.165, 1.54) is 18.9 Å². The Balaban J connectivity index is 1.20. The predicted molar refractivity (Wildman–Crippen MR) is 101 cm³/mol. The number of likely N-dealkylation sites (tertiary alicyclic amines) is 1. The molecule has 0 bridgehead atoms. The summed E-state index contributed by atoms with van der Waals surface area (Å²) in [6, 6.07) is 4.51. The number of rotatable bonds is 4. The molecule has 8 heteroatoms. The maximum absolute atomic E-state index is 13.9. The van der Waals surface area contributed by atoms with Crippen LogP contribution >= 0.6 is 0 Å². The van der Waals surface area contributed by atoms with Gasteiger partial charge in [0, 0.05) is 19.5 Å². The summed E-state index contributed by atoms with van der Waals surface area (Å²) in [5.41, 5.74) is 1.92. The summed E-state index contributed by atoms with van der Waals surface area (Å²) >= 11 is 0. The topological polar surface area (TPSA) is 83.3 Å². The number of nitrogens with one attached hydrogen (secondary N) is 2. The largest absolute Gasteiger partial charge is 0.406 e. The zero-order chi connectivity index (χ0) is 19.3. The van der Waals surface area contributed by atoms with E-state index in [9.17, 15) is 9.18 Å². The van der Waals surface area contributed by atoms with Crippen LogP contribution in [-0.2, 0) is 11.2 Å². The number of hydrogen-bond acceptors (Lipinski definition) is 6. The van der Waals surface area contributed by atoms with Crippen LogP contribution in [0.25, 0.3) is 0 Å². The van der Waals surface area contributed by atoms with E-state index in [4.69, 9.17) is 4.42 Å². The van der Waals surface area contributed by atoms with Crippen molar-refractivity contribution in [2.24, 2.45) is 5.41 Å². The molecule has 1 aromatic carbocycles. The molecule has 2 aliphatic heterocycles. The molecule has 0 radical (unpaired) electrons. The van der Waals surface area contributed by atoms with Gasteiger partial charge in [-0.2, -0.15) is 0 Å². The van der Waals surface area contributed by atoms with E-state index in [1.54, 1.807) is 6.07 Å². The SMILES string of the molecule is C[C@H](Nc1nnc(C2Cc3cccc(F)c3N2)o1)C(=O)N1CCC2(CC1)CC2. The van der Waals surface area contributed by atoms with Gasteiger partial charge >= 0.3 is 6.01 Å². The second-order valence-corrected chi connectivity index (χ2v) is 8.31. The number of aromatic nitrogens is 2. The van der Waals surface area contributed by atoms with Crippen LogP contribution < -0.4 is 10.6 Å². The van der Waals surface area contributed by atoms with Crippen LogP contribution in [0.15, 0.2) is 22.6 Å². The lowest BCUT2D eigenvalue weighted by molar-refractivity contribution is -0.133. The summed E-state index contributed by atoms with van der Waals surface area (Å²) in [5, 5.41) is 14.2. The van der Waals surface area contributed by atoms with Gasteiger partial charge in [-0.3, -0.25) is 4.79 Å². The van der Waals surface area contributed by atoms with Gasteiger partial charge in [-0.25, -0.2) is 4.39 Å². The van der Waals surface area contributed by atoms with E-state index in [1.807, 2.05) is 17.9 Å². The molecular weight excluding hydrogens is 361 g/mol. The van der Waals surface area contributed by atoms with Crippen molar-refractivity contribution in [2.45, 2.75) is 51.1 Å². The Bertz CT molecular complexity index is 900. The third-order valence-electron chi connectivity index (χ3n) is 6.38. The average Bonchev–Trinajstić information content (AvgIpc) is 3.09.